The van der Waals surface area contributed by atoms with Crippen LogP contribution >= 0.6 is 0 Å². The Bertz CT molecular complexity index is 740. The van der Waals surface area contributed by atoms with E-state index in [0.717, 1.165) is 5.56 Å². The van der Waals surface area contributed by atoms with Gasteiger partial charge >= 0.3 is 12.1 Å². The molecule has 0 radical (unpaired) electrons. The summed E-state index contributed by atoms with van der Waals surface area (Å²) in [5.41, 5.74) is 0.899. The lowest BCUT2D eigenvalue weighted by Crippen LogP contribution is -2.40. The molecule has 1 atom stereocenters. The van der Waals surface area contributed by atoms with Crippen LogP contribution in [0.25, 0.3) is 11.3 Å². The third-order valence-corrected chi connectivity index (χ3v) is 3.44. The van der Waals surface area contributed by atoms with Gasteiger partial charge in [-0.1, -0.05) is 30.3 Å². The van der Waals surface area contributed by atoms with E-state index in [4.69, 9.17) is 9.15 Å². The Labute approximate surface area is 148 Å². The number of carbonyl (C=O) groups excluding carboxylic acids is 2. The molecule has 140 valence electrons. The van der Waals surface area contributed by atoms with E-state index in [9.17, 15) is 22.8 Å². The van der Waals surface area contributed by atoms with E-state index in [-0.39, 0.29) is 12.8 Å². The molecule has 0 fully saturated rings. The van der Waals surface area contributed by atoms with E-state index in [2.05, 4.69) is 0 Å². The zero-order valence-electron chi connectivity index (χ0n) is 14.0. The van der Waals surface area contributed by atoms with Crippen molar-refractivity contribution >= 4 is 11.9 Å². The van der Waals surface area contributed by atoms with Crippen molar-refractivity contribution in [2.24, 2.45) is 0 Å². The molecule has 2 aromatic rings. The monoisotopic (exact) mass is 369 g/mol. The minimum absolute atomic E-state index is 0.0569. The number of nitrogens with one attached hydrogen (secondary N) is 1. The summed E-state index contributed by atoms with van der Waals surface area (Å²) in [6, 6.07) is 12.9. The van der Waals surface area contributed by atoms with Crippen molar-refractivity contribution in [2.75, 3.05) is 6.54 Å². The second-order valence-corrected chi connectivity index (χ2v) is 5.60. The Morgan fingerprint density at radius 1 is 1.15 bits per heavy atom. The number of alkyl halides is 3. The number of hydrogen-bond acceptors (Lipinski definition) is 4. The molecule has 1 aromatic carbocycles. The van der Waals surface area contributed by atoms with E-state index < -0.39 is 30.7 Å². The van der Waals surface area contributed by atoms with E-state index >= 15 is 0 Å². The first kappa shape index (κ1) is 19.6. The first-order chi connectivity index (χ1) is 12.2. The SMILES string of the molecule is CC(OC(=O)CCc1ccc(-c2ccccc2)o1)C(=O)NCC(F)(F)F. The fourth-order valence-electron chi connectivity index (χ4n) is 2.14. The summed E-state index contributed by atoms with van der Waals surface area (Å²) in [6.45, 7) is -0.258. The van der Waals surface area contributed by atoms with Gasteiger partial charge in [0.05, 0.1) is 6.42 Å². The lowest BCUT2D eigenvalue weighted by Gasteiger charge is -2.14. The Morgan fingerprint density at radius 2 is 1.85 bits per heavy atom. The highest BCUT2D eigenvalue weighted by Crippen LogP contribution is 2.22. The quantitative estimate of drug-likeness (QED) is 0.759. The number of hydrogen-bond donors (Lipinski definition) is 1. The molecule has 0 spiro atoms. The van der Waals surface area contributed by atoms with Gasteiger partial charge < -0.3 is 14.5 Å². The molecule has 0 bridgehead atoms. The van der Waals surface area contributed by atoms with Gasteiger partial charge in [0.1, 0.15) is 18.1 Å². The predicted molar refractivity (Wildman–Crippen MR) is 87.1 cm³/mol. The molecule has 1 unspecified atom stereocenters. The molecule has 0 aliphatic heterocycles. The minimum atomic E-state index is -4.52. The summed E-state index contributed by atoms with van der Waals surface area (Å²) >= 11 is 0. The number of aryl methyl sites for hydroxylation is 1. The average Bonchev–Trinajstić information content (AvgIpc) is 3.07. The van der Waals surface area contributed by atoms with Crippen molar-refractivity contribution in [2.45, 2.75) is 32.0 Å². The Hall–Kier alpha value is -2.77. The maximum Gasteiger partial charge on any atom is 0.405 e. The minimum Gasteiger partial charge on any atom is -0.461 e. The van der Waals surface area contributed by atoms with Gasteiger partial charge in [-0.3, -0.25) is 9.59 Å². The zero-order valence-corrected chi connectivity index (χ0v) is 14.0. The number of benzene rings is 1. The normalized spacial score (nSPS) is 12.5. The first-order valence-electron chi connectivity index (χ1n) is 7.92. The standard InChI is InChI=1S/C18H18F3NO4/c1-12(17(24)22-11-18(19,20)21)25-16(23)10-8-14-7-9-15(26-14)13-5-3-2-4-6-13/h2-7,9,12H,8,10-11H2,1H3,(H,22,24). The van der Waals surface area contributed by atoms with Gasteiger partial charge in [0.25, 0.3) is 5.91 Å². The Balaban J connectivity index is 1.78. The molecule has 0 aliphatic rings. The predicted octanol–water partition coefficient (Wildman–Crippen LogP) is 3.49. The van der Waals surface area contributed by atoms with E-state index in [1.54, 1.807) is 17.4 Å². The number of carbonyl (C=O) groups is 2. The maximum atomic E-state index is 12.0. The van der Waals surface area contributed by atoms with Gasteiger partial charge in [0, 0.05) is 12.0 Å². The molecule has 0 aliphatic carbocycles. The molecule has 1 N–H and O–H groups in total. The van der Waals surface area contributed by atoms with Crippen LogP contribution in [-0.2, 0) is 20.7 Å². The highest BCUT2D eigenvalue weighted by atomic mass is 19.4. The molecule has 1 heterocycles. The number of furan rings is 1. The van der Waals surface area contributed by atoms with Crippen LogP contribution in [-0.4, -0.2) is 30.7 Å². The average molecular weight is 369 g/mol. The molecule has 5 nitrogen and oxygen atoms in total. The van der Waals surface area contributed by atoms with Crippen molar-refractivity contribution < 1.29 is 31.9 Å². The van der Waals surface area contributed by atoms with E-state index in [1.807, 2.05) is 30.3 Å². The second-order valence-electron chi connectivity index (χ2n) is 5.60. The van der Waals surface area contributed by atoms with Gasteiger partial charge in [0.2, 0.25) is 0 Å². The van der Waals surface area contributed by atoms with Crippen molar-refractivity contribution in [1.82, 2.24) is 5.32 Å². The third kappa shape index (κ3) is 6.27. The summed E-state index contributed by atoms with van der Waals surface area (Å²) in [4.78, 5) is 23.2. The van der Waals surface area contributed by atoms with Crippen LogP contribution in [0.2, 0.25) is 0 Å². The number of rotatable bonds is 7. The first-order valence-corrected chi connectivity index (χ1v) is 7.92. The highest BCUT2D eigenvalue weighted by Gasteiger charge is 2.29. The van der Waals surface area contributed by atoms with Crippen LogP contribution in [0.1, 0.15) is 19.1 Å². The molecular formula is C18H18F3NO4. The molecule has 2 rings (SSSR count). The topological polar surface area (TPSA) is 68.5 Å². The molecule has 0 saturated heterocycles. The molecule has 1 amide bonds. The van der Waals surface area contributed by atoms with Gasteiger partial charge in [0.15, 0.2) is 6.10 Å². The number of halogens is 3. The van der Waals surface area contributed by atoms with Crippen LogP contribution < -0.4 is 5.32 Å². The van der Waals surface area contributed by atoms with Crippen molar-refractivity contribution in [3.8, 4) is 11.3 Å². The van der Waals surface area contributed by atoms with Crippen LogP contribution in [0.3, 0.4) is 0 Å². The van der Waals surface area contributed by atoms with Crippen molar-refractivity contribution in [3.05, 3.63) is 48.2 Å². The molecule has 26 heavy (non-hydrogen) atoms. The maximum absolute atomic E-state index is 12.0. The third-order valence-electron chi connectivity index (χ3n) is 3.44. The van der Waals surface area contributed by atoms with Gasteiger partial charge in [-0.05, 0) is 19.1 Å². The fourth-order valence-corrected chi connectivity index (χ4v) is 2.14. The summed E-state index contributed by atoms with van der Waals surface area (Å²) in [7, 11) is 0. The smallest absolute Gasteiger partial charge is 0.405 e. The molecule has 0 saturated carbocycles. The summed E-state index contributed by atoms with van der Waals surface area (Å²) in [5.74, 6) is -0.471. The Morgan fingerprint density at radius 3 is 2.50 bits per heavy atom. The van der Waals surface area contributed by atoms with Crippen molar-refractivity contribution in [1.29, 1.82) is 0 Å². The Kier molecular flexibility index (Phi) is 6.43. The van der Waals surface area contributed by atoms with Gasteiger partial charge in [-0.15, -0.1) is 0 Å². The van der Waals surface area contributed by atoms with Crippen LogP contribution in [0, 0.1) is 0 Å². The van der Waals surface area contributed by atoms with Crippen molar-refractivity contribution in [3.63, 3.8) is 0 Å². The second kappa shape index (κ2) is 8.55. The molecule has 8 heteroatoms. The number of esters is 1. The van der Waals surface area contributed by atoms with Gasteiger partial charge in [-0.25, -0.2) is 0 Å². The largest absolute Gasteiger partial charge is 0.461 e. The summed E-state index contributed by atoms with van der Waals surface area (Å²) < 4.78 is 46.6. The zero-order chi connectivity index (χ0) is 19.2. The summed E-state index contributed by atoms with van der Waals surface area (Å²) in [6.07, 6.45) is -5.63. The van der Waals surface area contributed by atoms with Crippen LogP contribution in [0.5, 0.6) is 0 Å². The lowest BCUT2D eigenvalue weighted by atomic mass is 10.2. The molecule has 1 aromatic heterocycles. The molecular weight excluding hydrogens is 351 g/mol. The lowest BCUT2D eigenvalue weighted by molar-refractivity contribution is -0.157. The fraction of sp³-hybridized carbons (Fsp3) is 0.333. The summed E-state index contributed by atoms with van der Waals surface area (Å²) in [5, 5.41) is 1.66. The van der Waals surface area contributed by atoms with Crippen LogP contribution in [0.4, 0.5) is 13.2 Å². The number of ether oxygens (including phenoxy) is 1. The van der Waals surface area contributed by atoms with Gasteiger partial charge in [-0.2, -0.15) is 13.2 Å². The highest BCUT2D eigenvalue weighted by molar-refractivity contribution is 5.83. The van der Waals surface area contributed by atoms with E-state index in [0.29, 0.717) is 11.5 Å². The van der Waals surface area contributed by atoms with Crippen LogP contribution in [0.15, 0.2) is 46.9 Å². The number of amides is 1. The van der Waals surface area contributed by atoms with E-state index in [1.165, 1.54) is 6.92 Å².